The van der Waals surface area contributed by atoms with E-state index in [1.807, 2.05) is 0 Å². The Morgan fingerprint density at radius 3 is 2.45 bits per heavy atom. The van der Waals surface area contributed by atoms with Crippen molar-refractivity contribution in [3.63, 3.8) is 0 Å². The average Bonchev–Trinajstić information content (AvgIpc) is 2.25. The maximum atomic E-state index is 12.4. The molecule has 0 aromatic rings. The van der Waals surface area contributed by atoms with Crippen LogP contribution in [0.25, 0.3) is 0 Å². The first-order chi connectivity index (χ1) is 9.29. The highest BCUT2D eigenvalue weighted by Gasteiger charge is 2.41. The van der Waals surface area contributed by atoms with E-state index in [2.05, 4.69) is 0 Å². The van der Waals surface area contributed by atoms with Gasteiger partial charge in [0.25, 0.3) is 0 Å². The monoisotopic (exact) mass is 304 g/mol. The molecular weight excluding hydrogens is 284 g/mol. The van der Waals surface area contributed by atoms with Crippen molar-refractivity contribution in [2.24, 2.45) is 5.92 Å². The van der Waals surface area contributed by atoms with Crippen LogP contribution in [0.1, 0.15) is 25.7 Å². The zero-order chi connectivity index (χ0) is 14.9. The van der Waals surface area contributed by atoms with Gasteiger partial charge in [-0.15, -0.1) is 0 Å². The zero-order valence-corrected chi connectivity index (χ0v) is 12.3. The fraction of sp³-hybridized carbons (Fsp3) is 0.833. The van der Waals surface area contributed by atoms with Crippen LogP contribution in [0.2, 0.25) is 0 Å². The standard InChI is InChI=1S/C12H20N2O5S/c1-20(18,19)14-6-5-13(8-9-3-2-4-9)12(17)10(14)7-11(15)16/h9-10H,2-8H2,1H3,(H,15,16). The second-order valence-electron chi connectivity index (χ2n) is 5.57. The Morgan fingerprint density at radius 2 is 2.00 bits per heavy atom. The van der Waals surface area contributed by atoms with Crippen LogP contribution in [-0.2, 0) is 19.6 Å². The molecule has 7 nitrogen and oxygen atoms in total. The first-order valence-corrected chi connectivity index (χ1v) is 8.61. The number of sulfonamides is 1. The molecule has 0 spiro atoms. The molecule has 1 heterocycles. The Hall–Kier alpha value is -1.15. The maximum Gasteiger partial charge on any atom is 0.305 e. The molecule has 1 aliphatic carbocycles. The van der Waals surface area contributed by atoms with Crippen molar-refractivity contribution in [1.82, 2.24) is 9.21 Å². The number of piperazine rings is 1. The van der Waals surface area contributed by atoms with Crippen molar-refractivity contribution in [1.29, 1.82) is 0 Å². The maximum absolute atomic E-state index is 12.4. The summed E-state index contributed by atoms with van der Waals surface area (Å²) in [6, 6.07) is -1.10. The molecule has 20 heavy (non-hydrogen) atoms. The summed E-state index contributed by atoms with van der Waals surface area (Å²) in [5.41, 5.74) is 0. The highest BCUT2D eigenvalue weighted by atomic mass is 32.2. The van der Waals surface area contributed by atoms with E-state index in [-0.39, 0.29) is 12.5 Å². The van der Waals surface area contributed by atoms with Crippen LogP contribution in [0.5, 0.6) is 0 Å². The molecule has 114 valence electrons. The number of carbonyl (C=O) groups is 2. The Balaban J connectivity index is 2.12. The summed E-state index contributed by atoms with van der Waals surface area (Å²) in [7, 11) is -3.57. The van der Waals surface area contributed by atoms with Gasteiger partial charge in [-0.25, -0.2) is 8.42 Å². The van der Waals surface area contributed by atoms with Crippen molar-refractivity contribution >= 4 is 21.9 Å². The van der Waals surface area contributed by atoms with Crippen LogP contribution in [0.3, 0.4) is 0 Å². The number of aliphatic carboxylic acids is 1. The lowest BCUT2D eigenvalue weighted by Gasteiger charge is -2.41. The van der Waals surface area contributed by atoms with Gasteiger partial charge in [-0.1, -0.05) is 6.42 Å². The van der Waals surface area contributed by atoms with Gasteiger partial charge in [0, 0.05) is 19.6 Å². The van der Waals surface area contributed by atoms with E-state index in [4.69, 9.17) is 5.11 Å². The molecule has 1 atom stereocenters. The topological polar surface area (TPSA) is 95.0 Å². The van der Waals surface area contributed by atoms with Gasteiger partial charge in [0.1, 0.15) is 6.04 Å². The molecule has 0 aromatic carbocycles. The lowest BCUT2D eigenvalue weighted by molar-refractivity contribution is -0.147. The number of carboxylic acid groups (broad SMARTS) is 1. The van der Waals surface area contributed by atoms with E-state index in [0.717, 1.165) is 23.4 Å². The van der Waals surface area contributed by atoms with Crippen LogP contribution in [0.4, 0.5) is 0 Å². The highest BCUT2D eigenvalue weighted by molar-refractivity contribution is 7.88. The second-order valence-corrected chi connectivity index (χ2v) is 7.50. The molecule has 0 aromatic heterocycles. The Morgan fingerprint density at radius 1 is 1.35 bits per heavy atom. The lowest BCUT2D eigenvalue weighted by atomic mass is 9.85. The number of carbonyl (C=O) groups excluding carboxylic acids is 1. The molecule has 1 unspecified atom stereocenters. The van der Waals surface area contributed by atoms with Gasteiger partial charge in [0.15, 0.2) is 0 Å². The molecule has 0 bridgehead atoms. The van der Waals surface area contributed by atoms with Crippen molar-refractivity contribution in [2.45, 2.75) is 31.7 Å². The van der Waals surface area contributed by atoms with Crippen molar-refractivity contribution in [3.05, 3.63) is 0 Å². The minimum Gasteiger partial charge on any atom is -0.481 e. The van der Waals surface area contributed by atoms with E-state index >= 15 is 0 Å². The third kappa shape index (κ3) is 3.29. The number of nitrogens with zero attached hydrogens (tertiary/aromatic N) is 2. The summed E-state index contributed by atoms with van der Waals surface area (Å²) in [4.78, 5) is 24.9. The van der Waals surface area contributed by atoms with Crippen molar-refractivity contribution in [2.75, 3.05) is 25.9 Å². The molecule has 2 rings (SSSR count). The van der Waals surface area contributed by atoms with E-state index in [1.165, 1.54) is 6.42 Å². The number of carboxylic acids is 1. The van der Waals surface area contributed by atoms with Gasteiger partial charge >= 0.3 is 5.97 Å². The molecule has 8 heteroatoms. The van der Waals surface area contributed by atoms with Crippen LogP contribution in [0, 0.1) is 5.92 Å². The molecule has 2 aliphatic rings. The first kappa shape index (κ1) is 15.2. The number of rotatable bonds is 5. The predicted molar refractivity (Wildman–Crippen MR) is 71.5 cm³/mol. The molecule has 1 amide bonds. The fourth-order valence-corrected chi connectivity index (χ4v) is 3.78. The predicted octanol–water partition coefficient (Wildman–Crippen LogP) is -0.266. The Labute approximate surface area is 118 Å². The van der Waals surface area contributed by atoms with Crippen LogP contribution >= 0.6 is 0 Å². The molecular formula is C12H20N2O5S. The number of hydrogen-bond acceptors (Lipinski definition) is 4. The third-order valence-electron chi connectivity index (χ3n) is 4.03. The summed E-state index contributed by atoms with van der Waals surface area (Å²) in [6.45, 7) is 1.14. The molecule has 2 fully saturated rings. The normalized spacial score (nSPS) is 25.6. The molecule has 1 saturated carbocycles. The minimum absolute atomic E-state index is 0.176. The highest BCUT2D eigenvalue weighted by Crippen LogP contribution is 2.28. The van der Waals surface area contributed by atoms with Gasteiger partial charge < -0.3 is 10.0 Å². The van der Waals surface area contributed by atoms with Crippen molar-refractivity contribution < 1.29 is 23.1 Å². The molecule has 1 saturated heterocycles. The Bertz CT molecular complexity index is 500. The molecule has 1 N–H and O–H groups in total. The van der Waals surface area contributed by atoms with Gasteiger partial charge in [0.2, 0.25) is 15.9 Å². The SMILES string of the molecule is CS(=O)(=O)N1CCN(CC2CCC2)C(=O)C1CC(=O)O. The summed E-state index contributed by atoms with van der Waals surface area (Å²) < 4.78 is 24.4. The van der Waals surface area contributed by atoms with Crippen LogP contribution < -0.4 is 0 Å². The smallest absolute Gasteiger partial charge is 0.305 e. The summed E-state index contributed by atoms with van der Waals surface area (Å²) in [5, 5.41) is 8.90. The molecule has 1 aliphatic heterocycles. The minimum atomic E-state index is -3.57. The van der Waals surface area contributed by atoms with Crippen molar-refractivity contribution in [3.8, 4) is 0 Å². The zero-order valence-electron chi connectivity index (χ0n) is 11.5. The second kappa shape index (κ2) is 5.69. The van der Waals surface area contributed by atoms with Gasteiger partial charge in [-0.3, -0.25) is 9.59 Å². The third-order valence-corrected chi connectivity index (χ3v) is 5.32. The van der Waals surface area contributed by atoms with E-state index < -0.39 is 28.5 Å². The van der Waals surface area contributed by atoms with Gasteiger partial charge in [-0.05, 0) is 18.8 Å². The van der Waals surface area contributed by atoms with Crippen LogP contribution in [0.15, 0.2) is 0 Å². The van der Waals surface area contributed by atoms with E-state index in [9.17, 15) is 18.0 Å². The lowest BCUT2D eigenvalue weighted by Crippen LogP contribution is -2.59. The summed E-state index contributed by atoms with van der Waals surface area (Å²) in [6.07, 6.45) is 3.87. The Kier molecular flexibility index (Phi) is 4.33. The fourth-order valence-electron chi connectivity index (χ4n) is 2.74. The van der Waals surface area contributed by atoms with E-state index in [1.54, 1.807) is 4.90 Å². The van der Waals surface area contributed by atoms with Gasteiger partial charge in [-0.2, -0.15) is 4.31 Å². The van der Waals surface area contributed by atoms with E-state index in [0.29, 0.717) is 19.0 Å². The van der Waals surface area contributed by atoms with Crippen LogP contribution in [-0.4, -0.2) is 66.5 Å². The number of amides is 1. The molecule has 0 radical (unpaired) electrons. The van der Waals surface area contributed by atoms with Gasteiger partial charge in [0.05, 0.1) is 12.7 Å². The quantitative estimate of drug-likeness (QED) is 0.754. The number of hydrogen-bond donors (Lipinski definition) is 1. The summed E-state index contributed by atoms with van der Waals surface area (Å²) >= 11 is 0. The average molecular weight is 304 g/mol. The summed E-state index contributed by atoms with van der Waals surface area (Å²) in [5.74, 6) is -1.06. The first-order valence-electron chi connectivity index (χ1n) is 6.76. The largest absolute Gasteiger partial charge is 0.481 e.